The highest BCUT2D eigenvalue weighted by Gasteiger charge is 2.14. The van der Waals surface area contributed by atoms with Gasteiger partial charge in [-0.15, -0.1) is 0 Å². The maximum atomic E-state index is 10.8. The molecule has 0 aliphatic carbocycles. The van der Waals surface area contributed by atoms with Crippen LogP contribution in [0.25, 0.3) is 0 Å². The summed E-state index contributed by atoms with van der Waals surface area (Å²) in [5.74, 6) is -0.661. The number of carboxylic acids is 1. The van der Waals surface area contributed by atoms with E-state index in [-0.39, 0.29) is 18.2 Å². The average molecular weight is 272 g/mol. The van der Waals surface area contributed by atoms with Crippen LogP contribution in [-0.2, 0) is 0 Å². The minimum atomic E-state index is -1.00. The number of halogens is 1. The molecule has 0 aliphatic heterocycles. The Kier molecular flexibility index (Phi) is 5.44. The number of hydrogen-bond acceptors (Lipinski definition) is 3. The Hall–Kier alpha value is -1.26. The molecule has 0 amide bonds. The summed E-state index contributed by atoms with van der Waals surface area (Å²) in [6.07, 6.45) is 0.620. The van der Waals surface area contributed by atoms with Crippen LogP contribution in [0.5, 0.6) is 0 Å². The molecule has 0 radical (unpaired) electrons. The molecular formula is C13H18ClNO3. The summed E-state index contributed by atoms with van der Waals surface area (Å²) in [6.45, 7) is 4.19. The van der Waals surface area contributed by atoms with Gasteiger partial charge in [0.1, 0.15) is 0 Å². The normalized spacial score (nSPS) is 12.5. The van der Waals surface area contributed by atoms with Crippen LogP contribution >= 0.6 is 11.6 Å². The van der Waals surface area contributed by atoms with Gasteiger partial charge < -0.3 is 15.5 Å². The average Bonchev–Trinajstić information content (AvgIpc) is 2.30. The molecule has 100 valence electrons. The first kappa shape index (κ1) is 14.8. The van der Waals surface area contributed by atoms with Crippen molar-refractivity contribution in [2.75, 3.05) is 11.9 Å². The molecule has 1 atom stereocenters. The zero-order valence-electron chi connectivity index (χ0n) is 10.5. The molecular weight excluding hydrogens is 254 g/mol. The Labute approximate surface area is 112 Å². The number of benzene rings is 1. The second kappa shape index (κ2) is 6.61. The van der Waals surface area contributed by atoms with E-state index >= 15 is 0 Å². The molecule has 0 saturated heterocycles. The number of aliphatic hydroxyl groups is 1. The molecule has 1 rings (SSSR count). The standard InChI is InChI=1S/C13H18ClNO3/c1-8(2)11(5-6-16)15-12-4-3-9(13(17)18)7-10(12)14/h3-4,7-8,11,15-16H,5-6H2,1-2H3,(H,17,18). The fourth-order valence-corrected chi connectivity index (χ4v) is 1.91. The SMILES string of the molecule is CC(C)C(CCO)Nc1ccc(C(=O)O)cc1Cl. The van der Waals surface area contributed by atoms with E-state index in [9.17, 15) is 4.79 Å². The monoisotopic (exact) mass is 271 g/mol. The Morgan fingerprint density at radius 2 is 2.11 bits per heavy atom. The van der Waals surface area contributed by atoms with E-state index in [1.807, 2.05) is 13.8 Å². The quantitative estimate of drug-likeness (QED) is 0.744. The van der Waals surface area contributed by atoms with Crippen molar-refractivity contribution in [2.24, 2.45) is 5.92 Å². The maximum absolute atomic E-state index is 10.8. The molecule has 0 spiro atoms. The van der Waals surface area contributed by atoms with Crippen molar-refractivity contribution in [2.45, 2.75) is 26.3 Å². The van der Waals surface area contributed by atoms with Crippen molar-refractivity contribution in [1.29, 1.82) is 0 Å². The van der Waals surface area contributed by atoms with Crippen molar-refractivity contribution in [3.63, 3.8) is 0 Å². The molecule has 3 N–H and O–H groups in total. The molecule has 0 heterocycles. The van der Waals surface area contributed by atoms with Crippen LogP contribution in [0.4, 0.5) is 5.69 Å². The molecule has 0 bridgehead atoms. The van der Waals surface area contributed by atoms with Crippen molar-refractivity contribution in [3.05, 3.63) is 28.8 Å². The van der Waals surface area contributed by atoms with E-state index in [1.165, 1.54) is 12.1 Å². The van der Waals surface area contributed by atoms with Crippen LogP contribution < -0.4 is 5.32 Å². The predicted molar refractivity (Wildman–Crippen MR) is 72.4 cm³/mol. The van der Waals surface area contributed by atoms with E-state index in [1.54, 1.807) is 6.07 Å². The van der Waals surface area contributed by atoms with Gasteiger partial charge in [-0.25, -0.2) is 4.79 Å². The van der Waals surface area contributed by atoms with Crippen LogP contribution in [0.15, 0.2) is 18.2 Å². The molecule has 4 nitrogen and oxygen atoms in total. The highest BCUT2D eigenvalue weighted by atomic mass is 35.5. The number of carboxylic acid groups (broad SMARTS) is 1. The van der Waals surface area contributed by atoms with Crippen LogP contribution in [0.2, 0.25) is 5.02 Å². The summed E-state index contributed by atoms with van der Waals surface area (Å²) in [5.41, 5.74) is 0.850. The van der Waals surface area contributed by atoms with Gasteiger partial charge in [-0.05, 0) is 30.5 Å². The number of rotatable bonds is 6. The minimum Gasteiger partial charge on any atom is -0.478 e. The van der Waals surface area contributed by atoms with Crippen molar-refractivity contribution in [1.82, 2.24) is 0 Å². The van der Waals surface area contributed by atoms with Gasteiger partial charge in [-0.2, -0.15) is 0 Å². The first-order valence-corrected chi connectivity index (χ1v) is 6.23. The van der Waals surface area contributed by atoms with E-state index in [4.69, 9.17) is 21.8 Å². The molecule has 18 heavy (non-hydrogen) atoms. The van der Waals surface area contributed by atoms with Crippen LogP contribution in [-0.4, -0.2) is 28.8 Å². The summed E-state index contributed by atoms with van der Waals surface area (Å²) >= 11 is 6.03. The van der Waals surface area contributed by atoms with Crippen LogP contribution in [0.1, 0.15) is 30.6 Å². The summed E-state index contributed by atoms with van der Waals surface area (Å²) < 4.78 is 0. The Morgan fingerprint density at radius 1 is 1.44 bits per heavy atom. The van der Waals surface area contributed by atoms with Crippen molar-refractivity contribution < 1.29 is 15.0 Å². The number of carbonyl (C=O) groups is 1. The molecule has 1 aromatic rings. The molecule has 0 aliphatic rings. The van der Waals surface area contributed by atoms with Crippen LogP contribution in [0, 0.1) is 5.92 Å². The zero-order valence-corrected chi connectivity index (χ0v) is 11.2. The molecule has 1 unspecified atom stereocenters. The first-order chi connectivity index (χ1) is 8.45. The lowest BCUT2D eigenvalue weighted by atomic mass is 10.0. The third-order valence-electron chi connectivity index (χ3n) is 2.80. The second-order valence-electron chi connectivity index (χ2n) is 4.51. The van der Waals surface area contributed by atoms with Gasteiger partial charge in [0.05, 0.1) is 16.3 Å². The van der Waals surface area contributed by atoms with Crippen molar-refractivity contribution >= 4 is 23.3 Å². The summed E-state index contributed by atoms with van der Waals surface area (Å²) in [7, 11) is 0. The number of hydrogen-bond donors (Lipinski definition) is 3. The fourth-order valence-electron chi connectivity index (χ4n) is 1.68. The summed E-state index contributed by atoms with van der Waals surface area (Å²) in [5, 5.41) is 21.4. The maximum Gasteiger partial charge on any atom is 0.335 e. The lowest BCUT2D eigenvalue weighted by Crippen LogP contribution is -2.26. The topological polar surface area (TPSA) is 69.6 Å². The minimum absolute atomic E-state index is 0.0979. The smallest absolute Gasteiger partial charge is 0.335 e. The van der Waals surface area contributed by atoms with Gasteiger partial charge in [-0.3, -0.25) is 0 Å². The van der Waals surface area contributed by atoms with E-state index in [2.05, 4.69) is 5.32 Å². The molecule has 1 aromatic carbocycles. The van der Waals surface area contributed by atoms with Gasteiger partial charge in [0.2, 0.25) is 0 Å². The highest BCUT2D eigenvalue weighted by molar-refractivity contribution is 6.33. The van der Waals surface area contributed by atoms with Gasteiger partial charge in [0.15, 0.2) is 0 Å². The zero-order chi connectivity index (χ0) is 13.7. The van der Waals surface area contributed by atoms with E-state index in [0.29, 0.717) is 23.0 Å². The predicted octanol–water partition coefficient (Wildman–Crippen LogP) is 2.86. The van der Waals surface area contributed by atoms with Gasteiger partial charge >= 0.3 is 5.97 Å². The second-order valence-corrected chi connectivity index (χ2v) is 4.91. The van der Waals surface area contributed by atoms with E-state index < -0.39 is 5.97 Å². The van der Waals surface area contributed by atoms with Gasteiger partial charge in [0, 0.05) is 12.6 Å². The van der Waals surface area contributed by atoms with E-state index in [0.717, 1.165) is 0 Å². The number of nitrogens with one attached hydrogen (secondary N) is 1. The summed E-state index contributed by atoms with van der Waals surface area (Å²) in [6, 6.07) is 4.68. The third kappa shape index (κ3) is 3.89. The Morgan fingerprint density at radius 3 is 2.56 bits per heavy atom. The Bertz CT molecular complexity index is 421. The molecule has 0 saturated carbocycles. The molecule has 0 aromatic heterocycles. The number of aliphatic hydroxyl groups excluding tert-OH is 1. The van der Waals surface area contributed by atoms with Gasteiger partial charge in [-0.1, -0.05) is 25.4 Å². The molecule has 0 fully saturated rings. The lowest BCUT2D eigenvalue weighted by molar-refractivity contribution is 0.0697. The largest absolute Gasteiger partial charge is 0.478 e. The molecule has 5 heteroatoms. The lowest BCUT2D eigenvalue weighted by Gasteiger charge is -2.23. The third-order valence-corrected chi connectivity index (χ3v) is 3.11. The number of anilines is 1. The fraction of sp³-hybridized carbons (Fsp3) is 0.462. The van der Waals surface area contributed by atoms with Gasteiger partial charge in [0.25, 0.3) is 0 Å². The first-order valence-electron chi connectivity index (χ1n) is 5.86. The Balaban J connectivity index is 2.86. The van der Waals surface area contributed by atoms with Crippen LogP contribution in [0.3, 0.4) is 0 Å². The van der Waals surface area contributed by atoms with Crippen molar-refractivity contribution in [3.8, 4) is 0 Å². The summed E-state index contributed by atoms with van der Waals surface area (Å²) in [4.78, 5) is 10.8. The highest BCUT2D eigenvalue weighted by Crippen LogP contribution is 2.25. The number of aromatic carboxylic acids is 1.